The number of rotatable bonds is 7. The van der Waals surface area contributed by atoms with Crippen molar-refractivity contribution in [3.05, 3.63) is 98.4 Å². The Bertz CT molecular complexity index is 1440. The molecule has 1 aliphatic rings. The van der Waals surface area contributed by atoms with Crippen LogP contribution in [0.1, 0.15) is 34.0 Å². The smallest absolute Gasteiger partial charge is 0.335 e. The maximum atomic E-state index is 13.0. The zero-order chi connectivity index (χ0) is 25.7. The number of hydrogen-bond donors (Lipinski definition) is 1. The minimum absolute atomic E-state index is 0.133. The van der Waals surface area contributed by atoms with E-state index in [2.05, 4.69) is 27.0 Å². The highest BCUT2D eigenvalue weighted by molar-refractivity contribution is 9.10. The minimum atomic E-state index is -1.03. The van der Waals surface area contributed by atoms with E-state index in [9.17, 15) is 20.0 Å². The highest BCUT2D eigenvalue weighted by atomic mass is 79.9. The number of benzene rings is 3. The predicted octanol–water partition coefficient (Wildman–Crippen LogP) is 6.22. The Morgan fingerprint density at radius 1 is 1.19 bits per heavy atom. The van der Waals surface area contributed by atoms with Crippen molar-refractivity contribution in [3.8, 4) is 11.8 Å². The number of thioether (sulfide) groups is 1. The van der Waals surface area contributed by atoms with Gasteiger partial charge in [-0.2, -0.15) is 5.26 Å². The molecule has 0 unspecified atom stereocenters. The van der Waals surface area contributed by atoms with Gasteiger partial charge in [0.1, 0.15) is 12.4 Å². The SMILES string of the molecule is CCN1C(=O)/C(=C\c2ccc(OCc3ccccc3C#N)c(Br)c2)SC1=Nc1cccc(C(=O)O)c1. The van der Waals surface area contributed by atoms with Crippen molar-refractivity contribution >= 4 is 56.5 Å². The molecule has 0 bridgehead atoms. The normalized spacial score (nSPS) is 15.4. The zero-order valence-corrected chi connectivity index (χ0v) is 21.5. The van der Waals surface area contributed by atoms with Crippen molar-refractivity contribution in [2.75, 3.05) is 6.54 Å². The zero-order valence-electron chi connectivity index (χ0n) is 19.1. The number of nitriles is 1. The van der Waals surface area contributed by atoms with Crippen molar-refractivity contribution in [2.45, 2.75) is 13.5 Å². The summed E-state index contributed by atoms with van der Waals surface area (Å²) in [5, 5.41) is 19.0. The van der Waals surface area contributed by atoms with E-state index < -0.39 is 5.97 Å². The molecule has 1 amide bonds. The van der Waals surface area contributed by atoms with E-state index in [4.69, 9.17) is 4.74 Å². The third-order valence-corrected chi connectivity index (χ3v) is 6.92. The number of aliphatic imine (C=N–C) groups is 1. The van der Waals surface area contributed by atoms with Crippen LogP contribution >= 0.6 is 27.7 Å². The lowest BCUT2D eigenvalue weighted by Crippen LogP contribution is -2.28. The Morgan fingerprint density at radius 2 is 2.00 bits per heavy atom. The van der Waals surface area contributed by atoms with Crippen LogP contribution in [0.25, 0.3) is 6.08 Å². The van der Waals surface area contributed by atoms with Crippen LogP contribution in [0, 0.1) is 11.3 Å². The number of likely N-dealkylation sites (N-methyl/N-ethyl adjacent to an activating group) is 1. The fraction of sp³-hybridized carbons (Fsp3) is 0.111. The number of carbonyl (C=O) groups is 2. The van der Waals surface area contributed by atoms with Crippen molar-refractivity contribution < 1.29 is 19.4 Å². The molecule has 4 rings (SSSR count). The lowest BCUT2D eigenvalue weighted by Gasteiger charge is -2.12. The van der Waals surface area contributed by atoms with Gasteiger partial charge in [-0.1, -0.05) is 30.3 Å². The topological polar surface area (TPSA) is 103 Å². The van der Waals surface area contributed by atoms with Crippen LogP contribution < -0.4 is 4.74 Å². The molecule has 180 valence electrons. The van der Waals surface area contributed by atoms with Crippen LogP contribution in [0.4, 0.5) is 5.69 Å². The Balaban J connectivity index is 1.53. The Kier molecular flexibility index (Phi) is 7.88. The van der Waals surface area contributed by atoms with Crippen molar-refractivity contribution in [2.24, 2.45) is 4.99 Å². The Hall–Kier alpha value is -3.87. The summed E-state index contributed by atoms with van der Waals surface area (Å²) in [6.07, 6.45) is 1.78. The van der Waals surface area contributed by atoms with Crippen LogP contribution in [0.15, 0.2) is 81.1 Å². The van der Waals surface area contributed by atoms with Gasteiger partial charge in [-0.05, 0) is 82.7 Å². The molecular formula is C27H20BrN3O4S. The van der Waals surface area contributed by atoms with Crippen LogP contribution in [-0.2, 0) is 11.4 Å². The Morgan fingerprint density at radius 3 is 2.72 bits per heavy atom. The third kappa shape index (κ3) is 5.67. The standard InChI is InChI=1S/C27H20BrN3O4S/c1-2-31-25(32)24(36-27(31)30-21-9-5-8-18(14-21)26(33)34)13-17-10-11-23(22(28)12-17)35-16-20-7-4-3-6-19(20)15-29/h3-14H,2,16H2,1H3,(H,33,34)/b24-13+,30-27?. The highest BCUT2D eigenvalue weighted by Crippen LogP contribution is 2.35. The first kappa shape index (κ1) is 25.2. The van der Waals surface area contributed by atoms with E-state index in [1.807, 2.05) is 37.3 Å². The van der Waals surface area contributed by atoms with Gasteiger partial charge in [0.05, 0.1) is 32.3 Å². The summed E-state index contributed by atoms with van der Waals surface area (Å²) in [7, 11) is 0. The third-order valence-electron chi connectivity index (χ3n) is 5.30. The molecular weight excluding hydrogens is 542 g/mol. The van der Waals surface area contributed by atoms with Crippen molar-refractivity contribution in [1.29, 1.82) is 5.26 Å². The number of carboxylic acid groups (broad SMARTS) is 1. The number of aromatic carboxylic acids is 1. The van der Waals surface area contributed by atoms with E-state index in [-0.39, 0.29) is 18.1 Å². The van der Waals surface area contributed by atoms with Crippen LogP contribution in [0.2, 0.25) is 0 Å². The maximum absolute atomic E-state index is 13.0. The molecule has 0 spiro atoms. The summed E-state index contributed by atoms with van der Waals surface area (Å²) in [5.41, 5.74) is 2.76. The second kappa shape index (κ2) is 11.2. The largest absolute Gasteiger partial charge is 0.488 e. The van der Waals surface area contributed by atoms with E-state index >= 15 is 0 Å². The molecule has 1 aliphatic heterocycles. The highest BCUT2D eigenvalue weighted by Gasteiger charge is 2.32. The molecule has 1 heterocycles. The summed E-state index contributed by atoms with van der Waals surface area (Å²) < 4.78 is 6.61. The Labute approximate surface area is 220 Å². The monoisotopic (exact) mass is 561 g/mol. The summed E-state index contributed by atoms with van der Waals surface area (Å²) >= 11 is 4.77. The summed E-state index contributed by atoms with van der Waals surface area (Å²) in [4.78, 5) is 30.8. The molecule has 9 heteroatoms. The number of carbonyl (C=O) groups excluding carboxylic acids is 1. The van der Waals surface area contributed by atoms with Gasteiger partial charge in [-0.15, -0.1) is 0 Å². The average molecular weight is 562 g/mol. The molecule has 36 heavy (non-hydrogen) atoms. The van der Waals surface area contributed by atoms with Gasteiger partial charge >= 0.3 is 5.97 Å². The van der Waals surface area contributed by atoms with E-state index in [1.165, 1.54) is 23.9 Å². The average Bonchev–Trinajstić information content (AvgIpc) is 3.17. The predicted molar refractivity (Wildman–Crippen MR) is 143 cm³/mol. The van der Waals surface area contributed by atoms with Gasteiger partial charge in [0, 0.05) is 12.1 Å². The number of carboxylic acids is 1. The fourth-order valence-corrected chi connectivity index (χ4v) is 5.05. The second-order valence-electron chi connectivity index (χ2n) is 7.66. The lowest BCUT2D eigenvalue weighted by molar-refractivity contribution is -0.122. The number of hydrogen-bond acceptors (Lipinski definition) is 6. The van der Waals surface area contributed by atoms with Crippen LogP contribution in [-0.4, -0.2) is 33.6 Å². The van der Waals surface area contributed by atoms with Gasteiger partial charge in [0.15, 0.2) is 5.17 Å². The molecule has 0 aliphatic carbocycles. The van der Waals surface area contributed by atoms with E-state index in [0.717, 1.165) is 11.1 Å². The lowest BCUT2D eigenvalue weighted by atomic mass is 10.1. The number of amidine groups is 1. The molecule has 0 saturated carbocycles. The minimum Gasteiger partial charge on any atom is -0.488 e. The first-order valence-corrected chi connectivity index (χ1v) is 12.5. The fourth-order valence-electron chi connectivity index (χ4n) is 3.48. The molecule has 7 nitrogen and oxygen atoms in total. The molecule has 1 N–H and O–H groups in total. The second-order valence-corrected chi connectivity index (χ2v) is 9.52. The molecule has 1 fully saturated rings. The maximum Gasteiger partial charge on any atom is 0.335 e. The van der Waals surface area contributed by atoms with E-state index in [1.54, 1.807) is 35.2 Å². The van der Waals surface area contributed by atoms with Gasteiger partial charge in [0.2, 0.25) is 0 Å². The van der Waals surface area contributed by atoms with E-state index in [0.29, 0.717) is 38.1 Å². The number of nitrogens with zero attached hydrogens (tertiary/aromatic N) is 3. The van der Waals surface area contributed by atoms with Crippen LogP contribution in [0.5, 0.6) is 5.75 Å². The number of halogens is 1. The first-order valence-electron chi connectivity index (χ1n) is 10.9. The molecule has 3 aromatic carbocycles. The van der Waals surface area contributed by atoms with Gasteiger partial charge < -0.3 is 9.84 Å². The van der Waals surface area contributed by atoms with Crippen LogP contribution in [0.3, 0.4) is 0 Å². The van der Waals surface area contributed by atoms with Gasteiger partial charge in [0.25, 0.3) is 5.91 Å². The van der Waals surface area contributed by atoms with Crippen molar-refractivity contribution in [1.82, 2.24) is 4.90 Å². The molecule has 1 saturated heterocycles. The molecule has 3 aromatic rings. The van der Waals surface area contributed by atoms with Gasteiger partial charge in [-0.3, -0.25) is 9.69 Å². The van der Waals surface area contributed by atoms with Gasteiger partial charge in [-0.25, -0.2) is 9.79 Å². The molecule has 0 atom stereocenters. The quantitative estimate of drug-likeness (QED) is 0.343. The first-order chi connectivity index (χ1) is 17.4. The summed E-state index contributed by atoms with van der Waals surface area (Å²) in [5.74, 6) is -0.585. The van der Waals surface area contributed by atoms with Crippen molar-refractivity contribution in [3.63, 3.8) is 0 Å². The summed E-state index contributed by atoms with van der Waals surface area (Å²) in [6.45, 7) is 2.55. The number of amides is 1. The summed E-state index contributed by atoms with van der Waals surface area (Å²) in [6, 6.07) is 21.2. The molecule has 0 aromatic heterocycles. The number of ether oxygens (including phenoxy) is 1. The molecule has 0 radical (unpaired) electrons.